The predicted molar refractivity (Wildman–Crippen MR) is 66.5 cm³/mol. The van der Waals surface area contributed by atoms with Crippen LogP contribution in [0, 0.1) is 17.3 Å². The van der Waals surface area contributed by atoms with Crippen molar-refractivity contribution in [1.29, 1.82) is 0 Å². The van der Waals surface area contributed by atoms with Crippen molar-refractivity contribution in [2.75, 3.05) is 32.2 Å². The Morgan fingerprint density at radius 1 is 1.47 bits per heavy atom. The van der Waals surface area contributed by atoms with Gasteiger partial charge in [0.05, 0.1) is 19.8 Å². The Morgan fingerprint density at radius 2 is 2.20 bits per heavy atom. The topological polar surface area (TPSA) is 18.5 Å². The largest absolute Gasteiger partial charge is 0.381 e. The van der Waals surface area contributed by atoms with E-state index in [1.54, 1.807) is 0 Å². The van der Waals surface area contributed by atoms with Crippen LogP contribution in [0.3, 0.4) is 0 Å². The molecule has 1 fully saturated rings. The molecule has 1 aliphatic heterocycles. The summed E-state index contributed by atoms with van der Waals surface area (Å²) in [5, 5.41) is 0. The number of hydrogen-bond donors (Lipinski definition) is 1. The van der Waals surface area contributed by atoms with Crippen LogP contribution in [0.5, 0.6) is 0 Å². The molecule has 90 valence electrons. The third kappa shape index (κ3) is 4.75. The maximum absolute atomic E-state index is 5.77. The van der Waals surface area contributed by atoms with Crippen molar-refractivity contribution in [3.63, 3.8) is 0 Å². The lowest BCUT2D eigenvalue weighted by Crippen LogP contribution is -2.27. The smallest absolute Gasteiger partial charge is 0.0517 e. The number of rotatable bonds is 5. The fraction of sp³-hybridized carbons (Fsp3) is 1.00. The van der Waals surface area contributed by atoms with Gasteiger partial charge in [0.25, 0.3) is 0 Å². The van der Waals surface area contributed by atoms with Gasteiger partial charge in [0.1, 0.15) is 0 Å². The van der Waals surface area contributed by atoms with Crippen LogP contribution in [-0.4, -0.2) is 32.2 Å². The van der Waals surface area contributed by atoms with Gasteiger partial charge in [-0.15, -0.1) is 0 Å². The molecule has 2 unspecified atom stereocenters. The van der Waals surface area contributed by atoms with Gasteiger partial charge in [0.15, 0.2) is 0 Å². The third-order valence-electron chi connectivity index (χ3n) is 3.14. The van der Waals surface area contributed by atoms with Gasteiger partial charge in [-0.25, -0.2) is 0 Å². The summed E-state index contributed by atoms with van der Waals surface area (Å²) in [5.74, 6) is 2.04. The first-order chi connectivity index (χ1) is 7.04. The average molecular weight is 232 g/mol. The van der Waals surface area contributed by atoms with Gasteiger partial charge in [-0.1, -0.05) is 20.8 Å². The second-order valence-electron chi connectivity index (χ2n) is 5.51. The molecule has 0 spiro atoms. The summed E-state index contributed by atoms with van der Waals surface area (Å²) in [5.41, 5.74) is 0.286. The van der Waals surface area contributed by atoms with Gasteiger partial charge in [-0.2, -0.15) is 12.6 Å². The van der Waals surface area contributed by atoms with Crippen molar-refractivity contribution in [1.82, 2.24) is 0 Å². The molecule has 0 N–H and O–H groups in total. The van der Waals surface area contributed by atoms with Gasteiger partial charge in [0, 0.05) is 12.5 Å². The van der Waals surface area contributed by atoms with E-state index < -0.39 is 0 Å². The fourth-order valence-electron chi connectivity index (χ4n) is 1.67. The molecule has 15 heavy (non-hydrogen) atoms. The molecule has 0 radical (unpaired) electrons. The van der Waals surface area contributed by atoms with Gasteiger partial charge in [-0.3, -0.25) is 0 Å². The quantitative estimate of drug-likeness (QED) is 0.735. The zero-order valence-electron chi connectivity index (χ0n) is 10.2. The average Bonchev–Trinajstić information content (AvgIpc) is 2.62. The highest BCUT2D eigenvalue weighted by Crippen LogP contribution is 2.27. The van der Waals surface area contributed by atoms with Gasteiger partial charge in [0.2, 0.25) is 0 Å². The molecule has 0 amide bonds. The number of thiol groups is 1. The zero-order valence-corrected chi connectivity index (χ0v) is 11.1. The van der Waals surface area contributed by atoms with Crippen LogP contribution in [0.1, 0.15) is 27.2 Å². The van der Waals surface area contributed by atoms with E-state index in [4.69, 9.17) is 9.47 Å². The summed E-state index contributed by atoms with van der Waals surface area (Å²) in [7, 11) is 0. The molecule has 0 aromatic rings. The normalized spacial score (nSPS) is 24.4. The Hall–Kier alpha value is 0.270. The molecule has 0 saturated carbocycles. The lowest BCUT2D eigenvalue weighted by molar-refractivity contribution is 0.0421. The summed E-state index contributed by atoms with van der Waals surface area (Å²) in [6.07, 6.45) is 1.15. The van der Waals surface area contributed by atoms with E-state index in [0.717, 1.165) is 38.6 Å². The second kappa shape index (κ2) is 6.12. The molecule has 0 bridgehead atoms. The van der Waals surface area contributed by atoms with E-state index in [1.165, 1.54) is 0 Å². The molecule has 0 aliphatic carbocycles. The molecule has 0 aromatic heterocycles. The third-order valence-corrected chi connectivity index (χ3v) is 3.58. The highest BCUT2D eigenvalue weighted by molar-refractivity contribution is 7.80. The first kappa shape index (κ1) is 13.3. The standard InChI is InChI=1S/C12H24O2S/c1-12(2,3)11(9-15)8-14-7-10-4-5-13-6-10/h10-11,15H,4-9H2,1-3H3. The van der Waals surface area contributed by atoms with Crippen molar-refractivity contribution >= 4 is 12.6 Å². The summed E-state index contributed by atoms with van der Waals surface area (Å²) >= 11 is 4.39. The molecule has 1 aliphatic rings. The lowest BCUT2D eigenvalue weighted by atomic mass is 9.82. The van der Waals surface area contributed by atoms with Gasteiger partial charge in [-0.05, 0) is 23.5 Å². The summed E-state index contributed by atoms with van der Waals surface area (Å²) in [6.45, 7) is 10.2. The van der Waals surface area contributed by atoms with Crippen LogP contribution in [0.2, 0.25) is 0 Å². The van der Waals surface area contributed by atoms with Gasteiger partial charge < -0.3 is 9.47 Å². The highest BCUT2D eigenvalue weighted by atomic mass is 32.1. The van der Waals surface area contributed by atoms with E-state index in [0.29, 0.717) is 11.8 Å². The number of ether oxygens (including phenoxy) is 2. The van der Waals surface area contributed by atoms with Crippen LogP contribution in [0.15, 0.2) is 0 Å². The first-order valence-electron chi connectivity index (χ1n) is 5.80. The van der Waals surface area contributed by atoms with Crippen LogP contribution in [0.25, 0.3) is 0 Å². The molecule has 2 nitrogen and oxygen atoms in total. The van der Waals surface area contributed by atoms with E-state index in [1.807, 2.05) is 0 Å². The Labute approximate surface area is 99.1 Å². The molecular weight excluding hydrogens is 208 g/mol. The predicted octanol–water partition coefficient (Wildman–Crippen LogP) is 2.63. The maximum Gasteiger partial charge on any atom is 0.0517 e. The second-order valence-corrected chi connectivity index (χ2v) is 5.88. The maximum atomic E-state index is 5.77. The Morgan fingerprint density at radius 3 is 2.67 bits per heavy atom. The minimum atomic E-state index is 0.286. The van der Waals surface area contributed by atoms with Crippen molar-refractivity contribution in [2.24, 2.45) is 17.3 Å². The molecule has 1 heterocycles. The Balaban J connectivity index is 2.16. The van der Waals surface area contributed by atoms with Crippen LogP contribution < -0.4 is 0 Å². The summed E-state index contributed by atoms with van der Waals surface area (Å²) < 4.78 is 11.1. The van der Waals surface area contributed by atoms with Crippen molar-refractivity contribution in [2.45, 2.75) is 27.2 Å². The zero-order chi connectivity index (χ0) is 11.3. The molecular formula is C12H24O2S. The molecule has 2 atom stereocenters. The van der Waals surface area contributed by atoms with E-state index >= 15 is 0 Å². The van der Waals surface area contributed by atoms with E-state index in [2.05, 4.69) is 33.4 Å². The van der Waals surface area contributed by atoms with Crippen molar-refractivity contribution in [3.05, 3.63) is 0 Å². The molecule has 0 aromatic carbocycles. The molecule has 1 rings (SSSR count). The van der Waals surface area contributed by atoms with Crippen LogP contribution >= 0.6 is 12.6 Å². The minimum absolute atomic E-state index is 0.286. The van der Waals surface area contributed by atoms with Crippen LogP contribution in [-0.2, 0) is 9.47 Å². The Kier molecular flexibility index (Phi) is 5.44. The number of hydrogen-bond acceptors (Lipinski definition) is 3. The summed E-state index contributed by atoms with van der Waals surface area (Å²) in [4.78, 5) is 0. The summed E-state index contributed by atoms with van der Waals surface area (Å²) in [6, 6.07) is 0. The van der Waals surface area contributed by atoms with E-state index in [-0.39, 0.29) is 5.41 Å². The monoisotopic (exact) mass is 232 g/mol. The fourth-order valence-corrected chi connectivity index (χ4v) is 2.32. The van der Waals surface area contributed by atoms with E-state index in [9.17, 15) is 0 Å². The molecule has 1 saturated heterocycles. The highest BCUT2D eigenvalue weighted by Gasteiger charge is 2.24. The minimum Gasteiger partial charge on any atom is -0.381 e. The molecule has 3 heteroatoms. The van der Waals surface area contributed by atoms with Gasteiger partial charge >= 0.3 is 0 Å². The van der Waals surface area contributed by atoms with Crippen molar-refractivity contribution in [3.8, 4) is 0 Å². The lowest BCUT2D eigenvalue weighted by Gasteiger charge is -2.29. The SMILES string of the molecule is CC(C)(C)C(CS)COCC1CCOC1. The van der Waals surface area contributed by atoms with Crippen LogP contribution in [0.4, 0.5) is 0 Å². The van der Waals surface area contributed by atoms with Crippen molar-refractivity contribution < 1.29 is 9.47 Å². The Bertz CT molecular complexity index is 171. The first-order valence-corrected chi connectivity index (χ1v) is 6.43.